The summed E-state index contributed by atoms with van der Waals surface area (Å²) in [6.07, 6.45) is 0. The summed E-state index contributed by atoms with van der Waals surface area (Å²) in [6.45, 7) is 6.12. The van der Waals surface area contributed by atoms with Gasteiger partial charge in [0.15, 0.2) is 0 Å². The molecule has 1 unspecified atom stereocenters. The first kappa shape index (κ1) is 14.6. The fourth-order valence-corrected chi connectivity index (χ4v) is 3.33. The third kappa shape index (κ3) is 2.60. The predicted molar refractivity (Wildman–Crippen MR) is 92.5 cm³/mol. The topological polar surface area (TPSA) is 17.8 Å². The monoisotopic (exact) mass is 362 g/mol. The molecule has 1 heterocycles. The van der Waals surface area contributed by atoms with E-state index in [1.54, 1.807) is 0 Å². The molecule has 0 radical (unpaired) electrons. The fourth-order valence-electron chi connectivity index (χ4n) is 2.52. The van der Waals surface area contributed by atoms with Gasteiger partial charge in [-0.15, -0.1) is 11.6 Å². The van der Waals surface area contributed by atoms with Crippen molar-refractivity contribution in [3.63, 3.8) is 0 Å². The smallest absolute Gasteiger partial charge is 0.132 e. The van der Waals surface area contributed by atoms with Gasteiger partial charge in [0.25, 0.3) is 0 Å². The molecule has 0 aliphatic heterocycles. The van der Waals surface area contributed by atoms with E-state index in [0.717, 1.165) is 27.0 Å². The molecule has 1 atom stereocenters. The van der Waals surface area contributed by atoms with Crippen LogP contribution in [0.5, 0.6) is 0 Å². The van der Waals surface area contributed by atoms with Gasteiger partial charge in [-0.1, -0.05) is 12.1 Å². The number of imidazole rings is 1. The van der Waals surface area contributed by atoms with Crippen molar-refractivity contribution in [1.29, 1.82) is 0 Å². The van der Waals surface area contributed by atoms with Crippen LogP contribution in [0, 0.1) is 13.8 Å². The lowest BCUT2D eigenvalue weighted by Gasteiger charge is -2.13. The molecule has 4 heteroatoms. The molecular formula is C17H16BrClN2. The van der Waals surface area contributed by atoms with E-state index in [1.165, 1.54) is 11.1 Å². The van der Waals surface area contributed by atoms with E-state index in [0.29, 0.717) is 0 Å². The van der Waals surface area contributed by atoms with Crippen LogP contribution in [0.4, 0.5) is 0 Å². The predicted octanol–water partition coefficient (Wildman–Crippen LogP) is 5.70. The normalized spacial score (nSPS) is 12.8. The lowest BCUT2D eigenvalue weighted by Crippen LogP contribution is -2.03. The van der Waals surface area contributed by atoms with Gasteiger partial charge in [-0.05, 0) is 72.1 Å². The van der Waals surface area contributed by atoms with E-state index < -0.39 is 0 Å². The van der Waals surface area contributed by atoms with Crippen molar-refractivity contribution in [1.82, 2.24) is 9.55 Å². The second-order valence-corrected chi connectivity index (χ2v) is 6.88. The maximum absolute atomic E-state index is 6.35. The van der Waals surface area contributed by atoms with Gasteiger partial charge >= 0.3 is 0 Å². The number of nitrogens with zero attached hydrogens (tertiary/aromatic N) is 2. The van der Waals surface area contributed by atoms with Gasteiger partial charge in [-0.25, -0.2) is 4.98 Å². The quantitative estimate of drug-likeness (QED) is 0.534. The third-order valence-electron chi connectivity index (χ3n) is 3.54. The minimum absolute atomic E-state index is 0.161. The van der Waals surface area contributed by atoms with Crippen molar-refractivity contribution in [3.05, 3.63) is 57.8 Å². The molecule has 0 amide bonds. The van der Waals surface area contributed by atoms with Gasteiger partial charge in [-0.2, -0.15) is 0 Å². The molecule has 2 nitrogen and oxygen atoms in total. The van der Waals surface area contributed by atoms with E-state index in [2.05, 4.69) is 64.7 Å². The number of rotatable bonds is 2. The van der Waals surface area contributed by atoms with Crippen LogP contribution < -0.4 is 0 Å². The zero-order valence-corrected chi connectivity index (χ0v) is 14.5. The first-order valence-electron chi connectivity index (χ1n) is 6.87. The maximum atomic E-state index is 6.35. The number of benzene rings is 2. The zero-order valence-electron chi connectivity index (χ0n) is 12.2. The molecule has 3 rings (SSSR count). The molecule has 0 bridgehead atoms. The van der Waals surface area contributed by atoms with Crippen molar-refractivity contribution in [2.24, 2.45) is 0 Å². The molecule has 3 aromatic rings. The second kappa shape index (κ2) is 5.47. The van der Waals surface area contributed by atoms with Gasteiger partial charge < -0.3 is 0 Å². The van der Waals surface area contributed by atoms with E-state index in [-0.39, 0.29) is 5.38 Å². The van der Waals surface area contributed by atoms with Gasteiger partial charge in [0, 0.05) is 4.47 Å². The van der Waals surface area contributed by atoms with Crippen molar-refractivity contribution >= 4 is 38.6 Å². The molecule has 1 aromatic heterocycles. The molecule has 0 N–H and O–H groups in total. The van der Waals surface area contributed by atoms with Gasteiger partial charge in [-0.3, -0.25) is 4.57 Å². The van der Waals surface area contributed by atoms with E-state index in [4.69, 9.17) is 16.6 Å². The highest BCUT2D eigenvalue weighted by atomic mass is 79.9. The Bertz CT molecular complexity index is 821. The van der Waals surface area contributed by atoms with E-state index in [1.807, 2.05) is 13.0 Å². The Hall–Kier alpha value is -1.32. The summed E-state index contributed by atoms with van der Waals surface area (Å²) in [5.41, 5.74) is 5.54. The number of hydrogen-bond acceptors (Lipinski definition) is 1. The maximum Gasteiger partial charge on any atom is 0.132 e. The molecule has 0 fully saturated rings. The molecule has 0 aliphatic carbocycles. The second-order valence-electron chi connectivity index (χ2n) is 5.37. The molecule has 21 heavy (non-hydrogen) atoms. The summed E-state index contributed by atoms with van der Waals surface area (Å²) >= 11 is 10.0. The van der Waals surface area contributed by atoms with E-state index >= 15 is 0 Å². The van der Waals surface area contributed by atoms with Crippen LogP contribution in [0.2, 0.25) is 0 Å². The first-order valence-corrected chi connectivity index (χ1v) is 8.10. The Morgan fingerprint density at radius 2 is 1.76 bits per heavy atom. The standard InChI is InChI=1S/C17H16BrClN2/c1-10-5-7-15(13(18)8-10)21-16-9-11(2)4-6-14(16)20-17(21)12(3)19/h4-9,12H,1-3H3. The average Bonchev–Trinajstić information content (AvgIpc) is 2.77. The van der Waals surface area contributed by atoms with Crippen LogP contribution in [-0.2, 0) is 0 Å². The minimum Gasteiger partial charge on any atom is -0.294 e. The number of aromatic nitrogens is 2. The number of alkyl halides is 1. The number of aryl methyl sites for hydroxylation is 2. The summed E-state index contributed by atoms with van der Waals surface area (Å²) in [5, 5.41) is -0.161. The van der Waals surface area contributed by atoms with Crippen molar-refractivity contribution < 1.29 is 0 Å². The van der Waals surface area contributed by atoms with Gasteiger partial charge in [0.1, 0.15) is 5.82 Å². The molecule has 0 saturated heterocycles. The Balaban J connectivity index is 2.38. The summed E-state index contributed by atoms with van der Waals surface area (Å²) in [4.78, 5) is 4.70. The molecule has 108 valence electrons. The van der Waals surface area contributed by atoms with Gasteiger partial charge in [0.2, 0.25) is 0 Å². The fraction of sp³-hybridized carbons (Fsp3) is 0.235. The molecule has 0 spiro atoms. The Morgan fingerprint density at radius 1 is 1.10 bits per heavy atom. The van der Waals surface area contributed by atoms with E-state index in [9.17, 15) is 0 Å². The highest BCUT2D eigenvalue weighted by molar-refractivity contribution is 9.10. The van der Waals surface area contributed by atoms with Crippen LogP contribution in [-0.4, -0.2) is 9.55 Å². The third-order valence-corrected chi connectivity index (χ3v) is 4.37. The lowest BCUT2D eigenvalue weighted by atomic mass is 10.2. The van der Waals surface area contributed by atoms with Crippen LogP contribution in [0.25, 0.3) is 16.7 Å². The van der Waals surface area contributed by atoms with Crippen molar-refractivity contribution in [2.45, 2.75) is 26.1 Å². The summed E-state index contributed by atoms with van der Waals surface area (Å²) in [6, 6.07) is 12.6. The molecule has 2 aromatic carbocycles. The zero-order chi connectivity index (χ0) is 15.1. The molecule has 0 saturated carbocycles. The van der Waals surface area contributed by atoms with Crippen LogP contribution in [0.3, 0.4) is 0 Å². The highest BCUT2D eigenvalue weighted by Crippen LogP contribution is 2.32. The Morgan fingerprint density at radius 3 is 2.43 bits per heavy atom. The summed E-state index contributed by atoms with van der Waals surface area (Å²) < 4.78 is 3.19. The lowest BCUT2D eigenvalue weighted by molar-refractivity contribution is 0.880. The molecule has 0 aliphatic rings. The highest BCUT2D eigenvalue weighted by Gasteiger charge is 2.18. The average molecular weight is 364 g/mol. The van der Waals surface area contributed by atoms with Crippen LogP contribution >= 0.6 is 27.5 Å². The van der Waals surface area contributed by atoms with Crippen molar-refractivity contribution in [3.8, 4) is 5.69 Å². The van der Waals surface area contributed by atoms with Crippen molar-refractivity contribution in [2.75, 3.05) is 0 Å². The molecular weight excluding hydrogens is 348 g/mol. The number of halogens is 2. The Labute approximate surface area is 137 Å². The number of fused-ring (bicyclic) bond motifs is 1. The van der Waals surface area contributed by atoms with Gasteiger partial charge in [0.05, 0.1) is 22.1 Å². The van der Waals surface area contributed by atoms with Crippen LogP contribution in [0.15, 0.2) is 40.9 Å². The first-order chi connectivity index (χ1) is 9.97. The minimum atomic E-state index is -0.161. The van der Waals surface area contributed by atoms with Crippen LogP contribution in [0.1, 0.15) is 29.3 Å². The summed E-state index contributed by atoms with van der Waals surface area (Å²) in [5.74, 6) is 0.863. The SMILES string of the molecule is Cc1ccc(-n2c(C(C)Cl)nc3ccc(C)cc32)c(Br)c1. The summed E-state index contributed by atoms with van der Waals surface area (Å²) in [7, 11) is 0. The Kier molecular flexibility index (Phi) is 3.80. The largest absolute Gasteiger partial charge is 0.294 e. The number of hydrogen-bond donors (Lipinski definition) is 0.